The van der Waals surface area contributed by atoms with E-state index in [1.165, 1.54) is 5.56 Å². The summed E-state index contributed by atoms with van der Waals surface area (Å²) in [6.45, 7) is 5.85. The Morgan fingerprint density at radius 3 is 2.65 bits per heavy atom. The lowest BCUT2D eigenvalue weighted by Crippen LogP contribution is -2.36. The molecule has 0 bridgehead atoms. The lowest BCUT2D eigenvalue weighted by molar-refractivity contribution is -0.130. The van der Waals surface area contributed by atoms with Crippen molar-refractivity contribution in [2.24, 2.45) is 11.7 Å². The van der Waals surface area contributed by atoms with Gasteiger partial charge in [-0.15, -0.1) is 0 Å². The van der Waals surface area contributed by atoms with Crippen LogP contribution >= 0.6 is 0 Å². The van der Waals surface area contributed by atoms with Crippen LogP contribution < -0.4 is 5.73 Å². The van der Waals surface area contributed by atoms with Crippen molar-refractivity contribution in [1.29, 1.82) is 0 Å². The molecular weight excluding hydrogens is 248 g/mol. The minimum Gasteiger partial charge on any atom is -0.341 e. The Bertz CT molecular complexity index is 441. The molecule has 2 unspecified atom stereocenters. The molecule has 3 heteroatoms. The molecule has 1 fully saturated rings. The Morgan fingerprint density at radius 1 is 1.30 bits per heavy atom. The molecule has 1 heterocycles. The predicted molar refractivity (Wildman–Crippen MR) is 82.3 cm³/mol. The first kappa shape index (κ1) is 15.0. The first-order valence-corrected chi connectivity index (χ1v) is 7.72. The Balaban J connectivity index is 1.98. The largest absolute Gasteiger partial charge is 0.341 e. The van der Waals surface area contributed by atoms with Gasteiger partial charge in [0.05, 0.1) is 0 Å². The van der Waals surface area contributed by atoms with Crippen LogP contribution in [0.25, 0.3) is 0 Å². The maximum absolute atomic E-state index is 12.1. The molecule has 0 aromatic heterocycles. The summed E-state index contributed by atoms with van der Waals surface area (Å²) in [5, 5.41) is 0. The number of aryl methyl sites for hydroxylation is 1. The number of hydrogen-bond donors (Lipinski definition) is 1. The molecule has 2 N–H and O–H groups in total. The van der Waals surface area contributed by atoms with Gasteiger partial charge in [0.15, 0.2) is 0 Å². The first-order valence-electron chi connectivity index (χ1n) is 7.72. The monoisotopic (exact) mass is 274 g/mol. The number of likely N-dealkylation sites (tertiary alicyclic amines) is 1. The average molecular weight is 274 g/mol. The third-order valence-corrected chi connectivity index (χ3v) is 4.33. The van der Waals surface area contributed by atoms with Crippen molar-refractivity contribution < 1.29 is 4.79 Å². The molecule has 110 valence electrons. The summed E-state index contributed by atoms with van der Waals surface area (Å²) in [4.78, 5) is 14.0. The van der Waals surface area contributed by atoms with Crippen LogP contribution in [0.15, 0.2) is 24.3 Å². The topological polar surface area (TPSA) is 46.3 Å². The normalized spacial score (nSPS) is 21.6. The number of hydrogen-bond acceptors (Lipinski definition) is 2. The third kappa shape index (κ3) is 3.83. The van der Waals surface area contributed by atoms with Gasteiger partial charge in [0.1, 0.15) is 0 Å². The zero-order valence-corrected chi connectivity index (χ0v) is 12.6. The van der Waals surface area contributed by atoms with Crippen molar-refractivity contribution in [3.05, 3.63) is 35.4 Å². The van der Waals surface area contributed by atoms with Crippen molar-refractivity contribution in [1.82, 2.24) is 4.90 Å². The Hall–Kier alpha value is -1.35. The summed E-state index contributed by atoms with van der Waals surface area (Å²) in [7, 11) is 0. The maximum atomic E-state index is 12.1. The van der Waals surface area contributed by atoms with Crippen molar-refractivity contribution in [3.8, 4) is 0 Å². The van der Waals surface area contributed by atoms with E-state index in [-0.39, 0.29) is 11.9 Å². The van der Waals surface area contributed by atoms with E-state index >= 15 is 0 Å². The lowest BCUT2D eigenvalue weighted by atomic mass is 10.0. The second-order valence-electron chi connectivity index (χ2n) is 5.97. The number of benzene rings is 1. The summed E-state index contributed by atoms with van der Waals surface area (Å²) < 4.78 is 0. The van der Waals surface area contributed by atoms with Crippen molar-refractivity contribution >= 4 is 5.91 Å². The molecule has 1 aliphatic heterocycles. The van der Waals surface area contributed by atoms with Crippen LogP contribution in [0.1, 0.15) is 50.3 Å². The smallest absolute Gasteiger partial charge is 0.222 e. The van der Waals surface area contributed by atoms with E-state index in [0.717, 1.165) is 31.4 Å². The summed E-state index contributed by atoms with van der Waals surface area (Å²) in [5.41, 5.74) is 8.71. The van der Waals surface area contributed by atoms with Gasteiger partial charge < -0.3 is 10.6 Å². The molecule has 20 heavy (non-hydrogen) atoms. The highest BCUT2D eigenvalue weighted by Crippen LogP contribution is 2.20. The quantitative estimate of drug-likeness (QED) is 0.917. The van der Waals surface area contributed by atoms with E-state index < -0.39 is 0 Å². The Labute approximate surface area is 122 Å². The summed E-state index contributed by atoms with van der Waals surface area (Å²) in [6.07, 6.45) is 3.81. The maximum Gasteiger partial charge on any atom is 0.222 e. The fraction of sp³-hybridized carbons (Fsp3) is 0.588. The van der Waals surface area contributed by atoms with Crippen LogP contribution in [0.3, 0.4) is 0 Å². The molecule has 1 saturated heterocycles. The highest BCUT2D eigenvalue weighted by atomic mass is 16.2. The van der Waals surface area contributed by atoms with Crippen molar-refractivity contribution in [2.75, 3.05) is 13.1 Å². The summed E-state index contributed by atoms with van der Waals surface area (Å²) in [6, 6.07) is 8.35. The minimum atomic E-state index is -0.0849. The standard InChI is InChI=1S/C17H26N2O/c1-3-14-5-7-15(8-6-14)16(18)12-19-11-10-13(2)4-9-17(19)20/h5-8,13,16H,3-4,9-12,18H2,1-2H3. The van der Waals surface area contributed by atoms with E-state index in [1.807, 2.05) is 4.90 Å². The van der Waals surface area contributed by atoms with E-state index in [0.29, 0.717) is 18.9 Å². The molecule has 1 amide bonds. The molecule has 2 rings (SSSR count). The Morgan fingerprint density at radius 2 is 2.00 bits per heavy atom. The predicted octanol–water partition coefficient (Wildman–Crippen LogP) is 2.90. The van der Waals surface area contributed by atoms with Gasteiger partial charge in [-0.1, -0.05) is 38.1 Å². The molecular formula is C17H26N2O. The van der Waals surface area contributed by atoms with Gasteiger partial charge in [-0.25, -0.2) is 0 Å². The number of nitrogens with two attached hydrogens (primary N) is 1. The molecule has 0 spiro atoms. The Kier molecular flexibility index (Phi) is 5.18. The molecule has 3 nitrogen and oxygen atoms in total. The summed E-state index contributed by atoms with van der Waals surface area (Å²) >= 11 is 0. The van der Waals surface area contributed by atoms with Crippen LogP contribution in [-0.2, 0) is 11.2 Å². The van der Waals surface area contributed by atoms with Gasteiger partial charge in [0, 0.05) is 25.6 Å². The SMILES string of the molecule is CCc1ccc(C(N)CN2CCC(C)CCC2=O)cc1. The number of nitrogens with zero attached hydrogens (tertiary/aromatic N) is 1. The van der Waals surface area contributed by atoms with Crippen molar-refractivity contribution in [3.63, 3.8) is 0 Å². The zero-order valence-electron chi connectivity index (χ0n) is 12.6. The van der Waals surface area contributed by atoms with Gasteiger partial charge >= 0.3 is 0 Å². The molecule has 0 aliphatic carbocycles. The molecule has 2 atom stereocenters. The fourth-order valence-corrected chi connectivity index (χ4v) is 2.71. The van der Waals surface area contributed by atoms with Crippen LogP contribution in [-0.4, -0.2) is 23.9 Å². The van der Waals surface area contributed by atoms with Gasteiger partial charge in [0.25, 0.3) is 0 Å². The third-order valence-electron chi connectivity index (χ3n) is 4.33. The second-order valence-corrected chi connectivity index (χ2v) is 5.97. The molecule has 0 saturated carbocycles. The number of rotatable bonds is 4. The van der Waals surface area contributed by atoms with Crippen LogP contribution in [0.4, 0.5) is 0 Å². The molecule has 1 aromatic rings. The molecule has 1 aromatic carbocycles. The van der Waals surface area contributed by atoms with Crippen LogP contribution in [0, 0.1) is 5.92 Å². The minimum absolute atomic E-state index is 0.0849. The highest BCUT2D eigenvalue weighted by Gasteiger charge is 2.22. The number of carbonyl (C=O) groups is 1. The first-order chi connectivity index (χ1) is 9.60. The average Bonchev–Trinajstić information content (AvgIpc) is 2.63. The lowest BCUT2D eigenvalue weighted by Gasteiger charge is -2.25. The van der Waals surface area contributed by atoms with Crippen LogP contribution in [0.2, 0.25) is 0 Å². The fourth-order valence-electron chi connectivity index (χ4n) is 2.71. The van der Waals surface area contributed by atoms with E-state index in [4.69, 9.17) is 5.73 Å². The van der Waals surface area contributed by atoms with E-state index in [1.54, 1.807) is 0 Å². The van der Waals surface area contributed by atoms with E-state index in [2.05, 4.69) is 38.1 Å². The van der Waals surface area contributed by atoms with Gasteiger partial charge in [-0.2, -0.15) is 0 Å². The molecule has 0 radical (unpaired) electrons. The second kappa shape index (κ2) is 6.89. The number of amides is 1. The van der Waals surface area contributed by atoms with Crippen LogP contribution in [0.5, 0.6) is 0 Å². The van der Waals surface area contributed by atoms with Gasteiger partial charge in [0.2, 0.25) is 5.91 Å². The molecule has 1 aliphatic rings. The summed E-state index contributed by atoms with van der Waals surface area (Å²) in [5.74, 6) is 0.902. The van der Waals surface area contributed by atoms with E-state index in [9.17, 15) is 4.79 Å². The van der Waals surface area contributed by atoms with Gasteiger partial charge in [-0.05, 0) is 36.3 Å². The number of carbonyl (C=O) groups excluding carboxylic acids is 1. The zero-order chi connectivity index (χ0) is 14.5. The van der Waals surface area contributed by atoms with Gasteiger partial charge in [-0.3, -0.25) is 4.79 Å². The highest BCUT2D eigenvalue weighted by molar-refractivity contribution is 5.76. The van der Waals surface area contributed by atoms with Crippen molar-refractivity contribution in [2.45, 2.75) is 45.6 Å².